The second-order valence-corrected chi connectivity index (χ2v) is 9.16. The van der Waals surface area contributed by atoms with Gasteiger partial charge in [0.2, 0.25) is 0 Å². The molecule has 5 nitrogen and oxygen atoms in total. The summed E-state index contributed by atoms with van der Waals surface area (Å²) in [7, 11) is 1.58. The second-order valence-electron chi connectivity index (χ2n) is 9.16. The molecule has 35 heavy (non-hydrogen) atoms. The van der Waals surface area contributed by atoms with Crippen molar-refractivity contribution in [2.45, 2.75) is 33.1 Å². The fourth-order valence-corrected chi connectivity index (χ4v) is 5.03. The Morgan fingerprint density at radius 3 is 2.31 bits per heavy atom. The van der Waals surface area contributed by atoms with Crippen LogP contribution in [0.1, 0.15) is 44.9 Å². The van der Waals surface area contributed by atoms with Crippen LogP contribution in [0.3, 0.4) is 0 Å². The van der Waals surface area contributed by atoms with Crippen molar-refractivity contribution in [3.63, 3.8) is 0 Å². The molecule has 0 aliphatic heterocycles. The molecule has 0 bridgehead atoms. The summed E-state index contributed by atoms with van der Waals surface area (Å²) in [4.78, 5) is 27.0. The number of Topliss-reactive ketones (excluding diaryl/α,β-unsaturated/α-hetero) is 1. The van der Waals surface area contributed by atoms with Crippen LogP contribution in [0.15, 0.2) is 75.4 Å². The largest absolute Gasteiger partial charge is 0.507 e. The van der Waals surface area contributed by atoms with Gasteiger partial charge >= 0.3 is 5.63 Å². The van der Waals surface area contributed by atoms with Gasteiger partial charge in [-0.2, -0.15) is 0 Å². The number of aryl methyl sites for hydroxylation is 3. The molecule has 1 heterocycles. The van der Waals surface area contributed by atoms with E-state index in [1.54, 1.807) is 19.2 Å². The van der Waals surface area contributed by atoms with Gasteiger partial charge in [0.1, 0.15) is 17.1 Å². The van der Waals surface area contributed by atoms with E-state index in [9.17, 15) is 14.7 Å². The van der Waals surface area contributed by atoms with Crippen molar-refractivity contribution in [1.29, 1.82) is 0 Å². The number of ketones is 1. The molecular weight excluding hydrogens is 440 g/mol. The van der Waals surface area contributed by atoms with Crippen LogP contribution in [-0.4, -0.2) is 18.0 Å². The number of carbonyl (C=O) groups is 1. The number of aliphatic hydroxyl groups is 1. The molecule has 1 aromatic heterocycles. The summed E-state index contributed by atoms with van der Waals surface area (Å²) in [6.07, 6.45) is 0.153. The molecule has 0 saturated heterocycles. The maximum absolute atomic E-state index is 13.5. The Labute approximate surface area is 203 Å². The van der Waals surface area contributed by atoms with E-state index in [0.29, 0.717) is 28.0 Å². The predicted molar refractivity (Wildman–Crippen MR) is 136 cm³/mol. The van der Waals surface area contributed by atoms with Crippen molar-refractivity contribution >= 4 is 22.5 Å². The highest BCUT2D eigenvalue weighted by Crippen LogP contribution is 2.41. The van der Waals surface area contributed by atoms with Gasteiger partial charge in [-0.1, -0.05) is 48.0 Å². The van der Waals surface area contributed by atoms with Gasteiger partial charge in [0.25, 0.3) is 0 Å². The van der Waals surface area contributed by atoms with Crippen LogP contribution >= 0.6 is 0 Å². The fraction of sp³-hybridized carbons (Fsp3) is 0.200. The smallest absolute Gasteiger partial charge is 0.340 e. The van der Waals surface area contributed by atoms with E-state index in [0.717, 1.165) is 27.6 Å². The highest BCUT2D eigenvalue weighted by molar-refractivity contribution is 6.07. The molecule has 1 atom stereocenters. The van der Waals surface area contributed by atoms with Gasteiger partial charge in [-0.25, -0.2) is 4.79 Å². The average molecular weight is 467 g/mol. The van der Waals surface area contributed by atoms with Crippen molar-refractivity contribution in [3.05, 3.63) is 116 Å². The molecule has 1 aliphatic carbocycles. The topological polar surface area (TPSA) is 76.7 Å². The summed E-state index contributed by atoms with van der Waals surface area (Å²) in [5.41, 5.74) is 5.32. The van der Waals surface area contributed by atoms with E-state index < -0.39 is 11.5 Å². The van der Waals surface area contributed by atoms with Crippen LogP contribution in [0.2, 0.25) is 0 Å². The van der Waals surface area contributed by atoms with Gasteiger partial charge in [-0.15, -0.1) is 0 Å². The van der Waals surface area contributed by atoms with Gasteiger partial charge in [0, 0.05) is 23.3 Å². The van der Waals surface area contributed by atoms with Gasteiger partial charge in [-0.3, -0.25) is 4.79 Å². The first-order chi connectivity index (χ1) is 16.8. The Hall–Kier alpha value is -4.12. The molecular formula is C30H26O5. The van der Waals surface area contributed by atoms with Gasteiger partial charge in [0.15, 0.2) is 5.78 Å². The van der Waals surface area contributed by atoms with E-state index >= 15 is 0 Å². The van der Waals surface area contributed by atoms with Crippen LogP contribution in [-0.2, 0) is 11.2 Å². The minimum Gasteiger partial charge on any atom is -0.507 e. The SMILES string of the molecule is COc1ccc(C(C2=C(O)c3ccc(C)cc3CC2=O)c2c(C)c3ccc(C)cc3oc2=O)cc1. The lowest BCUT2D eigenvalue weighted by Crippen LogP contribution is -2.26. The highest BCUT2D eigenvalue weighted by atomic mass is 16.5. The first-order valence-corrected chi connectivity index (χ1v) is 11.5. The number of benzene rings is 3. The maximum atomic E-state index is 13.5. The average Bonchev–Trinajstić information content (AvgIpc) is 2.82. The van der Waals surface area contributed by atoms with Crippen molar-refractivity contribution in [2.24, 2.45) is 0 Å². The minimum absolute atomic E-state index is 0.0973. The molecule has 0 fully saturated rings. The van der Waals surface area contributed by atoms with Crippen LogP contribution < -0.4 is 10.4 Å². The second kappa shape index (κ2) is 8.58. The van der Waals surface area contributed by atoms with E-state index in [-0.39, 0.29) is 23.5 Å². The number of carbonyl (C=O) groups excluding carboxylic acids is 1. The van der Waals surface area contributed by atoms with Crippen LogP contribution in [0, 0.1) is 20.8 Å². The molecule has 0 amide bonds. The minimum atomic E-state index is -0.801. The number of hydrogen-bond acceptors (Lipinski definition) is 5. The molecule has 0 saturated carbocycles. The lowest BCUT2D eigenvalue weighted by atomic mass is 9.76. The van der Waals surface area contributed by atoms with Crippen LogP contribution in [0.4, 0.5) is 0 Å². The van der Waals surface area contributed by atoms with Crippen LogP contribution in [0.25, 0.3) is 16.7 Å². The molecule has 5 rings (SSSR count). The van der Waals surface area contributed by atoms with Crippen molar-refractivity contribution in [2.75, 3.05) is 7.11 Å². The quantitative estimate of drug-likeness (QED) is 0.376. The summed E-state index contributed by atoms with van der Waals surface area (Å²) >= 11 is 0. The summed E-state index contributed by atoms with van der Waals surface area (Å²) in [6.45, 7) is 5.75. The van der Waals surface area contributed by atoms with Crippen LogP contribution in [0.5, 0.6) is 5.75 Å². The fourth-order valence-electron chi connectivity index (χ4n) is 5.03. The molecule has 0 radical (unpaired) electrons. The zero-order chi connectivity index (χ0) is 24.9. The zero-order valence-electron chi connectivity index (χ0n) is 20.1. The monoisotopic (exact) mass is 466 g/mol. The standard InChI is InChI=1S/C30H26O5/c1-16-6-12-23-20(13-16)15-24(31)28(29(23)32)27(19-7-9-21(34-4)10-8-19)26-18(3)22-11-5-17(2)14-25(22)35-30(26)33/h5-14,27,32H,15H2,1-4H3. The number of methoxy groups -OCH3 is 1. The summed E-state index contributed by atoms with van der Waals surface area (Å²) < 4.78 is 11.1. The van der Waals surface area contributed by atoms with Crippen molar-refractivity contribution < 1.29 is 19.1 Å². The Kier molecular flexibility index (Phi) is 5.56. The number of aliphatic hydroxyl groups excluding tert-OH is 1. The van der Waals surface area contributed by atoms with Crippen molar-refractivity contribution in [1.82, 2.24) is 0 Å². The number of ether oxygens (including phenoxy) is 1. The zero-order valence-corrected chi connectivity index (χ0v) is 20.1. The van der Waals surface area contributed by atoms with E-state index in [1.165, 1.54) is 0 Å². The van der Waals surface area contributed by atoms with Gasteiger partial charge in [-0.05, 0) is 61.2 Å². The van der Waals surface area contributed by atoms with E-state index in [2.05, 4.69) is 0 Å². The molecule has 1 N–H and O–H groups in total. The molecule has 1 aliphatic rings. The molecule has 4 aromatic rings. The lowest BCUT2D eigenvalue weighted by Gasteiger charge is -2.27. The first kappa shape index (κ1) is 22.7. The van der Waals surface area contributed by atoms with Gasteiger partial charge in [0.05, 0.1) is 18.2 Å². The third-order valence-corrected chi connectivity index (χ3v) is 6.82. The predicted octanol–water partition coefficient (Wildman–Crippen LogP) is 5.95. The van der Waals surface area contributed by atoms with E-state index in [4.69, 9.17) is 9.15 Å². The highest BCUT2D eigenvalue weighted by Gasteiger charge is 2.36. The Morgan fingerprint density at radius 2 is 1.60 bits per heavy atom. The summed E-state index contributed by atoms with van der Waals surface area (Å²) in [6, 6.07) is 18.6. The molecule has 5 heteroatoms. The van der Waals surface area contributed by atoms with Crippen molar-refractivity contribution in [3.8, 4) is 5.75 Å². The Bertz CT molecular complexity index is 1570. The third kappa shape index (κ3) is 3.83. The number of hydrogen-bond donors (Lipinski definition) is 1. The summed E-state index contributed by atoms with van der Waals surface area (Å²) in [5.74, 6) is -0.465. The normalized spacial score (nSPS) is 14.2. The first-order valence-electron chi connectivity index (χ1n) is 11.5. The molecule has 3 aromatic carbocycles. The number of fused-ring (bicyclic) bond motifs is 2. The van der Waals surface area contributed by atoms with E-state index in [1.807, 2.05) is 69.3 Å². The lowest BCUT2D eigenvalue weighted by molar-refractivity contribution is -0.115. The summed E-state index contributed by atoms with van der Waals surface area (Å²) in [5, 5.41) is 12.2. The third-order valence-electron chi connectivity index (χ3n) is 6.82. The molecule has 0 spiro atoms. The maximum Gasteiger partial charge on any atom is 0.340 e. The number of allylic oxidation sites excluding steroid dienone is 1. The Balaban J connectivity index is 1.83. The van der Waals surface area contributed by atoms with Gasteiger partial charge < -0.3 is 14.3 Å². The molecule has 1 unspecified atom stereocenters. The Morgan fingerprint density at radius 1 is 0.914 bits per heavy atom. The molecule has 176 valence electrons. The number of rotatable bonds is 4.